The van der Waals surface area contributed by atoms with Gasteiger partial charge >= 0.3 is 0 Å². The van der Waals surface area contributed by atoms with Crippen LogP contribution in [0.1, 0.15) is 25.3 Å². The molecule has 0 atom stereocenters. The van der Waals surface area contributed by atoms with E-state index in [9.17, 15) is 4.79 Å². The third-order valence-corrected chi connectivity index (χ3v) is 3.21. The topological polar surface area (TPSA) is 38.3 Å². The van der Waals surface area contributed by atoms with Crippen LogP contribution in [-0.2, 0) is 9.53 Å². The van der Waals surface area contributed by atoms with Gasteiger partial charge in [0.05, 0.1) is 0 Å². The highest BCUT2D eigenvalue weighted by atomic mass is 79.9. The quantitative estimate of drug-likeness (QED) is 0.816. The number of anilines is 1. The highest BCUT2D eigenvalue weighted by Gasteiger charge is 2.03. The molecule has 1 aromatic carbocycles. The number of ether oxygens (including phenoxy) is 1. The molecule has 0 aliphatic heterocycles. The summed E-state index contributed by atoms with van der Waals surface area (Å²) in [6.07, 6.45) is 1.25. The lowest BCUT2D eigenvalue weighted by atomic mass is 10.2. The summed E-state index contributed by atoms with van der Waals surface area (Å²) in [7, 11) is 0. The summed E-state index contributed by atoms with van der Waals surface area (Å²) in [5, 5.41) is 2.86. The second kappa shape index (κ2) is 7.45. The number of halogens is 1. The molecular weight excluding hydrogens is 282 g/mol. The molecule has 0 radical (unpaired) electrons. The number of hydrogen-bond donors (Lipinski definition) is 1. The van der Waals surface area contributed by atoms with Gasteiger partial charge in [-0.3, -0.25) is 4.79 Å². The van der Waals surface area contributed by atoms with Crippen molar-refractivity contribution in [1.82, 2.24) is 0 Å². The summed E-state index contributed by atoms with van der Waals surface area (Å²) in [5.41, 5.74) is 1.98. The van der Waals surface area contributed by atoms with Gasteiger partial charge in [0.1, 0.15) is 0 Å². The lowest BCUT2D eigenvalue weighted by Crippen LogP contribution is -2.12. The van der Waals surface area contributed by atoms with Crippen molar-refractivity contribution < 1.29 is 9.53 Å². The fraction of sp³-hybridized carbons (Fsp3) is 0.462. The van der Waals surface area contributed by atoms with Crippen LogP contribution in [0.5, 0.6) is 0 Å². The Labute approximate surface area is 111 Å². The van der Waals surface area contributed by atoms with E-state index in [0.717, 1.165) is 22.1 Å². The van der Waals surface area contributed by atoms with E-state index >= 15 is 0 Å². The van der Waals surface area contributed by atoms with Crippen LogP contribution in [-0.4, -0.2) is 19.1 Å². The van der Waals surface area contributed by atoms with Crippen LogP contribution in [0.25, 0.3) is 0 Å². The van der Waals surface area contributed by atoms with Crippen molar-refractivity contribution >= 4 is 27.5 Å². The number of rotatable bonds is 6. The average molecular weight is 300 g/mol. The first kappa shape index (κ1) is 14.2. The Morgan fingerprint density at radius 3 is 2.88 bits per heavy atom. The number of hydrogen-bond acceptors (Lipinski definition) is 2. The number of amides is 1. The third kappa shape index (κ3) is 5.33. The van der Waals surface area contributed by atoms with Crippen LogP contribution < -0.4 is 5.32 Å². The SMILES string of the molecule is CCOCCCC(=O)Nc1ccc(C)c(Br)c1. The van der Waals surface area contributed by atoms with Gasteiger partial charge in [0.25, 0.3) is 0 Å². The van der Waals surface area contributed by atoms with Crippen LogP contribution in [0.3, 0.4) is 0 Å². The molecule has 1 rings (SSSR count). The van der Waals surface area contributed by atoms with E-state index in [2.05, 4.69) is 21.2 Å². The summed E-state index contributed by atoms with van der Waals surface area (Å²) < 4.78 is 6.19. The predicted molar refractivity (Wildman–Crippen MR) is 73.2 cm³/mol. The standard InChI is InChI=1S/C13H18BrNO2/c1-3-17-8-4-5-13(16)15-11-7-6-10(2)12(14)9-11/h6-7,9H,3-5,8H2,1-2H3,(H,15,16). The predicted octanol–water partition coefficient (Wildman–Crippen LogP) is 3.51. The van der Waals surface area contributed by atoms with Crippen LogP contribution in [0.2, 0.25) is 0 Å². The smallest absolute Gasteiger partial charge is 0.224 e. The van der Waals surface area contributed by atoms with Crippen molar-refractivity contribution in [2.45, 2.75) is 26.7 Å². The normalized spacial score (nSPS) is 10.3. The minimum atomic E-state index is 0.0282. The molecule has 0 saturated carbocycles. The molecule has 0 heterocycles. The molecule has 0 aromatic heterocycles. The Morgan fingerprint density at radius 2 is 2.24 bits per heavy atom. The van der Waals surface area contributed by atoms with Gasteiger partial charge in [-0.1, -0.05) is 22.0 Å². The zero-order valence-corrected chi connectivity index (χ0v) is 11.8. The van der Waals surface area contributed by atoms with Crippen molar-refractivity contribution in [2.24, 2.45) is 0 Å². The average Bonchev–Trinajstić information content (AvgIpc) is 2.30. The first-order valence-electron chi connectivity index (χ1n) is 5.77. The Morgan fingerprint density at radius 1 is 1.47 bits per heavy atom. The summed E-state index contributed by atoms with van der Waals surface area (Å²) in [6.45, 7) is 5.30. The zero-order valence-electron chi connectivity index (χ0n) is 10.3. The van der Waals surface area contributed by atoms with Gasteiger partial charge in [-0.2, -0.15) is 0 Å². The van der Waals surface area contributed by atoms with E-state index in [1.54, 1.807) is 0 Å². The van der Waals surface area contributed by atoms with Crippen molar-refractivity contribution in [3.63, 3.8) is 0 Å². The molecule has 0 spiro atoms. The number of aryl methyl sites for hydroxylation is 1. The maximum atomic E-state index is 11.6. The minimum absolute atomic E-state index is 0.0282. The Kier molecular flexibility index (Phi) is 6.22. The fourth-order valence-corrected chi connectivity index (χ4v) is 1.75. The highest BCUT2D eigenvalue weighted by Crippen LogP contribution is 2.20. The molecule has 0 unspecified atom stereocenters. The Balaban J connectivity index is 2.37. The van der Waals surface area contributed by atoms with E-state index in [-0.39, 0.29) is 5.91 Å². The molecular formula is C13H18BrNO2. The largest absolute Gasteiger partial charge is 0.382 e. The number of nitrogens with one attached hydrogen (secondary N) is 1. The Hall–Kier alpha value is -0.870. The number of carbonyl (C=O) groups is 1. The lowest BCUT2D eigenvalue weighted by Gasteiger charge is -2.07. The van der Waals surface area contributed by atoms with E-state index in [0.29, 0.717) is 19.6 Å². The Bertz CT molecular complexity index is 380. The molecule has 3 nitrogen and oxygen atoms in total. The maximum absolute atomic E-state index is 11.6. The molecule has 0 aliphatic rings. The molecule has 0 fully saturated rings. The van der Waals surface area contributed by atoms with Gasteiger partial charge in [-0.15, -0.1) is 0 Å². The summed E-state index contributed by atoms with van der Waals surface area (Å²) in [5.74, 6) is 0.0282. The monoisotopic (exact) mass is 299 g/mol. The molecule has 1 N–H and O–H groups in total. The number of carbonyl (C=O) groups excluding carboxylic acids is 1. The number of benzene rings is 1. The summed E-state index contributed by atoms with van der Waals surface area (Å²) in [6, 6.07) is 5.79. The first-order chi connectivity index (χ1) is 8.13. The van der Waals surface area contributed by atoms with Crippen molar-refractivity contribution in [1.29, 1.82) is 0 Å². The molecule has 1 amide bonds. The highest BCUT2D eigenvalue weighted by molar-refractivity contribution is 9.10. The molecule has 1 aromatic rings. The summed E-state index contributed by atoms with van der Waals surface area (Å²) >= 11 is 3.44. The van der Waals surface area contributed by atoms with Gasteiger partial charge in [0.2, 0.25) is 5.91 Å². The zero-order chi connectivity index (χ0) is 12.7. The maximum Gasteiger partial charge on any atom is 0.224 e. The second-order valence-corrected chi connectivity index (χ2v) is 4.67. The van der Waals surface area contributed by atoms with E-state index in [4.69, 9.17) is 4.74 Å². The van der Waals surface area contributed by atoms with Gasteiger partial charge in [-0.05, 0) is 38.0 Å². The molecule has 0 saturated heterocycles. The van der Waals surface area contributed by atoms with Gasteiger partial charge < -0.3 is 10.1 Å². The molecule has 94 valence electrons. The van der Waals surface area contributed by atoms with Gasteiger partial charge in [0.15, 0.2) is 0 Å². The van der Waals surface area contributed by atoms with Crippen molar-refractivity contribution in [3.8, 4) is 0 Å². The van der Waals surface area contributed by atoms with Crippen LogP contribution >= 0.6 is 15.9 Å². The summed E-state index contributed by atoms with van der Waals surface area (Å²) in [4.78, 5) is 11.6. The van der Waals surface area contributed by atoms with Crippen molar-refractivity contribution in [3.05, 3.63) is 28.2 Å². The van der Waals surface area contributed by atoms with Crippen LogP contribution in [0.4, 0.5) is 5.69 Å². The van der Waals surface area contributed by atoms with Crippen molar-refractivity contribution in [2.75, 3.05) is 18.5 Å². The van der Waals surface area contributed by atoms with E-state index in [1.165, 1.54) is 0 Å². The van der Waals surface area contributed by atoms with Crippen LogP contribution in [0, 0.1) is 6.92 Å². The lowest BCUT2D eigenvalue weighted by molar-refractivity contribution is -0.116. The fourth-order valence-electron chi connectivity index (χ4n) is 1.37. The third-order valence-electron chi connectivity index (χ3n) is 2.35. The van der Waals surface area contributed by atoms with E-state index in [1.807, 2.05) is 32.0 Å². The van der Waals surface area contributed by atoms with E-state index < -0.39 is 0 Å². The first-order valence-corrected chi connectivity index (χ1v) is 6.56. The molecule has 4 heteroatoms. The van der Waals surface area contributed by atoms with Gasteiger partial charge in [0, 0.05) is 29.8 Å². The van der Waals surface area contributed by atoms with Gasteiger partial charge in [-0.25, -0.2) is 0 Å². The minimum Gasteiger partial charge on any atom is -0.382 e. The van der Waals surface area contributed by atoms with Crippen LogP contribution in [0.15, 0.2) is 22.7 Å². The second-order valence-electron chi connectivity index (χ2n) is 3.81. The molecule has 17 heavy (non-hydrogen) atoms. The molecule has 0 bridgehead atoms. The molecule has 0 aliphatic carbocycles.